The average molecular weight is 625 g/mol. The molecule has 4 rings (SSSR count). The molecule has 1 saturated carbocycles. The van der Waals surface area contributed by atoms with Crippen molar-refractivity contribution in [2.45, 2.75) is 57.0 Å². The molecule has 0 bridgehead atoms. The van der Waals surface area contributed by atoms with Crippen molar-refractivity contribution < 1.29 is 9.53 Å². The van der Waals surface area contributed by atoms with Crippen molar-refractivity contribution in [2.24, 2.45) is 10.7 Å². The molecule has 3 aromatic carbocycles. The number of rotatable bonds is 12. The number of hydrogen-bond donors (Lipinski definition) is 2. The first-order chi connectivity index (χ1) is 20.7. The van der Waals surface area contributed by atoms with E-state index >= 15 is 0 Å². The second-order valence-electron chi connectivity index (χ2n) is 11.4. The molecule has 1 atom stereocenters. The standard InChI is InChI=1S/C34H43Cl2N5O2/c1-40(2)19-20-41(23-26-9-14-27(35)21-32(26)36)34(38-28-7-5-4-6-8-28)39-29-15-10-24(11-16-29)31(22-33(37)42)25-12-17-30(43-3)18-13-25/h9-18,21,28,31H,4-8,19-20,22-23H2,1-3H3,(H2,37,42)(H,38,39). The summed E-state index contributed by atoms with van der Waals surface area (Å²) >= 11 is 12.8. The Kier molecular flexibility index (Phi) is 12.1. The van der Waals surface area contributed by atoms with E-state index < -0.39 is 0 Å². The summed E-state index contributed by atoms with van der Waals surface area (Å²) < 4.78 is 5.31. The SMILES string of the molecule is COc1ccc(C(CC(N)=O)c2ccc(NC(=NC3CCCCC3)N(CCN(C)C)Cc3ccc(Cl)cc3Cl)cc2)cc1. The fourth-order valence-corrected chi connectivity index (χ4v) is 5.87. The summed E-state index contributed by atoms with van der Waals surface area (Å²) in [5.41, 5.74) is 9.59. The molecule has 7 nitrogen and oxygen atoms in total. The van der Waals surface area contributed by atoms with Crippen molar-refractivity contribution in [3.63, 3.8) is 0 Å². The summed E-state index contributed by atoms with van der Waals surface area (Å²) in [5.74, 6) is 1.10. The van der Waals surface area contributed by atoms with Crippen molar-refractivity contribution in [3.05, 3.63) is 93.5 Å². The van der Waals surface area contributed by atoms with Crippen LogP contribution in [0.4, 0.5) is 5.69 Å². The van der Waals surface area contributed by atoms with E-state index in [-0.39, 0.29) is 24.3 Å². The average Bonchev–Trinajstić information content (AvgIpc) is 2.99. The number of aliphatic imine (C=N–C) groups is 1. The fourth-order valence-electron chi connectivity index (χ4n) is 5.41. The number of guanidine groups is 1. The number of anilines is 1. The van der Waals surface area contributed by atoms with Crippen LogP contribution in [0.5, 0.6) is 5.75 Å². The number of nitrogens with one attached hydrogen (secondary N) is 1. The first kappa shape index (κ1) is 32.6. The third kappa shape index (κ3) is 9.88. The zero-order valence-electron chi connectivity index (χ0n) is 25.4. The van der Waals surface area contributed by atoms with E-state index in [1.54, 1.807) is 13.2 Å². The second kappa shape index (κ2) is 16.0. The van der Waals surface area contributed by atoms with Gasteiger partial charge in [-0.2, -0.15) is 0 Å². The Balaban J connectivity index is 1.63. The minimum atomic E-state index is -0.345. The number of hydrogen-bond acceptors (Lipinski definition) is 4. The first-order valence-electron chi connectivity index (χ1n) is 14.9. The molecule has 1 amide bonds. The van der Waals surface area contributed by atoms with Crippen LogP contribution in [0.15, 0.2) is 71.7 Å². The molecular weight excluding hydrogens is 581 g/mol. The third-order valence-electron chi connectivity index (χ3n) is 7.87. The van der Waals surface area contributed by atoms with Crippen molar-refractivity contribution in [3.8, 4) is 5.75 Å². The highest BCUT2D eigenvalue weighted by Crippen LogP contribution is 2.31. The lowest BCUT2D eigenvalue weighted by atomic mass is 9.88. The summed E-state index contributed by atoms with van der Waals surface area (Å²) in [4.78, 5) is 21.7. The van der Waals surface area contributed by atoms with Gasteiger partial charge in [0.1, 0.15) is 5.75 Å². The Hall–Kier alpha value is -3.26. The fraction of sp³-hybridized carbons (Fsp3) is 0.412. The zero-order chi connectivity index (χ0) is 30.8. The highest BCUT2D eigenvalue weighted by Gasteiger charge is 2.21. The van der Waals surface area contributed by atoms with E-state index in [1.807, 2.05) is 48.5 Å². The lowest BCUT2D eigenvalue weighted by Gasteiger charge is -2.30. The van der Waals surface area contributed by atoms with Gasteiger partial charge in [0.15, 0.2) is 5.96 Å². The van der Waals surface area contributed by atoms with Gasteiger partial charge in [-0.25, -0.2) is 4.99 Å². The molecular formula is C34H43Cl2N5O2. The summed E-state index contributed by atoms with van der Waals surface area (Å²) in [7, 11) is 5.78. The number of halogens is 2. The number of primary amides is 1. The Bertz CT molecular complexity index is 1360. The van der Waals surface area contributed by atoms with Crippen LogP contribution in [-0.4, -0.2) is 62.0 Å². The van der Waals surface area contributed by atoms with Crippen LogP contribution in [0.25, 0.3) is 0 Å². The van der Waals surface area contributed by atoms with Crippen LogP contribution in [0.3, 0.4) is 0 Å². The molecule has 1 unspecified atom stereocenters. The number of carbonyl (C=O) groups excluding carboxylic acids is 1. The van der Waals surface area contributed by atoms with Gasteiger partial charge in [-0.05, 0) is 80.0 Å². The van der Waals surface area contributed by atoms with Crippen molar-refractivity contribution >= 4 is 40.8 Å². The van der Waals surface area contributed by atoms with Gasteiger partial charge >= 0.3 is 0 Å². The predicted octanol–water partition coefficient (Wildman–Crippen LogP) is 7.17. The zero-order valence-corrected chi connectivity index (χ0v) is 26.9. The van der Waals surface area contributed by atoms with E-state index in [1.165, 1.54) is 19.3 Å². The van der Waals surface area contributed by atoms with Crippen molar-refractivity contribution in [1.82, 2.24) is 9.80 Å². The molecule has 0 spiro atoms. The van der Waals surface area contributed by atoms with Gasteiger partial charge < -0.3 is 25.6 Å². The van der Waals surface area contributed by atoms with Gasteiger partial charge in [-0.1, -0.05) is 72.8 Å². The number of ether oxygens (including phenoxy) is 1. The Morgan fingerprint density at radius 1 is 0.977 bits per heavy atom. The summed E-state index contributed by atoms with van der Waals surface area (Å²) in [5, 5.41) is 4.90. The number of benzene rings is 3. The van der Waals surface area contributed by atoms with Gasteiger partial charge in [0.2, 0.25) is 5.91 Å². The largest absolute Gasteiger partial charge is 0.497 e. The molecule has 0 saturated heterocycles. The third-order valence-corrected chi connectivity index (χ3v) is 8.45. The molecule has 0 radical (unpaired) electrons. The molecule has 3 aromatic rings. The minimum Gasteiger partial charge on any atom is -0.497 e. The lowest BCUT2D eigenvalue weighted by Crippen LogP contribution is -2.41. The summed E-state index contributed by atoms with van der Waals surface area (Å²) in [6.07, 6.45) is 6.05. The number of amides is 1. The summed E-state index contributed by atoms with van der Waals surface area (Å²) in [6, 6.07) is 21.9. The van der Waals surface area contributed by atoms with Gasteiger partial charge in [-0.15, -0.1) is 0 Å². The summed E-state index contributed by atoms with van der Waals surface area (Å²) in [6.45, 7) is 2.21. The Labute approximate surface area is 266 Å². The second-order valence-corrected chi connectivity index (χ2v) is 12.3. The van der Waals surface area contributed by atoms with Crippen LogP contribution < -0.4 is 15.8 Å². The molecule has 230 valence electrons. The maximum absolute atomic E-state index is 12.0. The molecule has 0 aromatic heterocycles. The van der Waals surface area contributed by atoms with Crippen LogP contribution in [0.2, 0.25) is 10.0 Å². The van der Waals surface area contributed by atoms with Gasteiger partial charge in [0.25, 0.3) is 0 Å². The Morgan fingerprint density at radius 3 is 2.21 bits per heavy atom. The monoisotopic (exact) mass is 623 g/mol. The van der Waals surface area contributed by atoms with Gasteiger partial charge in [0.05, 0.1) is 13.2 Å². The molecule has 1 aliphatic carbocycles. The number of nitrogens with two attached hydrogens (primary N) is 1. The molecule has 3 N–H and O–H groups in total. The molecule has 1 fully saturated rings. The quantitative estimate of drug-likeness (QED) is 0.165. The molecule has 1 aliphatic rings. The first-order valence-corrected chi connectivity index (χ1v) is 15.7. The number of nitrogens with zero attached hydrogens (tertiary/aromatic N) is 3. The molecule has 43 heavy (non-hydrogen) atoms. The number of methoxy groups -OCH3 is 1. The van der Waals surface area contributed by atoms with Gasteiger partial charge in [0, 0.05) is 47.7 Å². The predicted molar refractivity (Wildman–Crippen MR) is 178 cm³/mol. The highest BCUT2D eigenvalue weighted by atomic mass is 35.5. The minimum absolute atomic E-state index is 0.156. The molecule has 0 aliphatic heterocycles. The van der Waals surface area contributed by atoms with Crippen molar-refractivity contribution in [2.75, 3.05) is 39.6 Å². The van der Waals surface area contributed by atoms with E-state index in [0.29, 0.717) is 16.6 Å². The van der Waals surface area contributed by atoms with E-state index in [4.69, 9.17) is 38.7 Å². The lowest BCUT2D eigenvalue weighted by molar-refractivity contribution is -0.118. The highest BCUT2D eigenvalue weighted by molar-refractivity contribution is 6.35. The normalized spacial score (nSPS) is 14.9. The molecule has 0 heterocycles. The molecule has 9 heteroatoms. The number of carbonyl (C=O) groups is 1. The Morgan fingerprint density at radius 2 is 1.63 bits per heavy atom. The van der Waals surface area contributed by atoms with Crippen LogP contribution >= 0.6 is 23.2 Å². The topological polar surface area (TPSA) is 83.2 Å². The smallest absolute Gasteiger partial charge is 0.218 e. The number of likely N-dealkylation sites (N-methyl/N-ethyl adjacent to an activating group) is 1. The van der Waals surface area contributed by atoms with Crippen LogP contribution in [0, 0.1) is 0 Å². The van der Waals surface area contributed by atoms with Crippen LogP contribution in [0.1, 0.15) is 61.1 Å². The van der Waals surface area contributed by atoms with Crippen molar-refractivity contribution in [1.29, 1.82) is 0 Å². The van der Waals surface area contributed by atoms with E-state index in [9.17, 15) is 4.79 Å². The maximum Gasteiger partial charge on any atom is 0.218 e. The maximum atomic E-state index is 12.0. The van der Waals surface area contributed by atoms with Crippen LogP contribution in [-0.2, 0) is 11.3 Å². The van der Waals surface area contributed by atoms with E-state index in [0.717, 1.165) is 60.0 Å². The van der Waals surface area contributed by atoms with Gasteiger partial charge in [-0.3, -0.25) is 4.79 Å². The van der Waals surface area contributed by atoms with E-state index in [2.05, 4.69) is 41.3 Å².